The number of aromatic nitrogens is 2. The maximum absolute atomic E-state index is 4.74. The highest BCUT2D eigenvalue weighted by atomic mass is 15.1. The first-order chi connectivity index (χ1) is 15.8. The highest BCUT2D eigenvalue weighted by Crippen LogP contribution is 2.35. The lowest BCUT2D eigenvalue weighted by atomic mass is 9.93. The van der Waals surface area contributed by atoms with Crippen molar-refractivity contribution in [3.63, 3.8) is 0 Å². The molecule has 2 N–H and O–H groups in total. The molecule has 1 aromatic carbocycles. The molecule has 1 aromatic heterocycles. The van der Waals surface area contributed by atoms with Gasteiger partial charge in [0, 0.05) is 66.9 Å². The summed E-state index contributed by atoms with van der Waals surface area (Å²) in [6.07, 6.45) is 15.4. The molecule has 0 amide bonds. The summed E-state index contributed by atoms with van der Waals surface area (Å²) in [5.41, 5.74) is 6.70. The Morgan fingerprint density at radius 2 is 1.69 bits per heavy atom. The summed E-state index contributed by atoms with van der Waals surface area (Å²) in [7, 11) is 0. The van der Waals surface area contributed by atoms with Crippen LogP contribution >= 0.6 is 0 Å². The van der Waals surface area contributed by atoms with Gasteiger partial charge in [-0.2, -0.15) is 0 Å². The average Bonchev–Trinajstić information content (AvgIpc) is 3.66. The molecule has 32 heavy (non-hydrogen) atoms. The van der Waals surface area contributed by atoms with Crippen LogP contribution in [0.15, 0.2) is 41.7 Å². The van der Waals surface area contributed by atoms with Gasteiger partial charge < -0.3 is 15.2 Å². The van der Waals surface area contributed by atoms with Gasteiger partial charge in [-0.1, -0.05) is 25.0 Å². The smallest absolute Gasteiger partial charge is 0.109 e. The maximum Gasteiger partial charge on any atom is 0.109 e. The number of piperidine rings is 1. The number of hydrogen-bond acceptors (Lipinski definition) is 4. The Balaban J connectivity index is 1.04. The lowest BCUT2D eigenvalue weighted by molar-refractivity contribution is 0.496. The second-order valence-corrected chi connectivity index (χ2v) is 10.1. The Labute approximate surface area is 191 Å². The number of nitrogens with zero attached hydrogens (tertiary/aromatic N) is 3. The summed E-state index contributed by atoms with van der Waals surface area (Å²) in [4.78, 5) is 15.7. The second kappa shape index (κ2) is 8.86. The minimum absolute atomic E-state index is 0.494. The van der Waals surface area contributed by atoms with Crippen molar-refractivity contribution in [1.82, 2.24) is 15.3 Å². The van der Waals surface area contributed by atoms with Crippen molar-refractivity contribution in [3.05, 3.63) is 53.7 Å². The quantitative estimate of drug-likeness (QED) is 0.670. The topological polar surface area (TPSA) is 56.3 Å². The van der Waals surface area contributed by atoms with Gasteiger partial charge in [-0.15, -0.1) is 0 Å². The maximum atomic E-state index is 4.74. The Morgan fingerprint density at radius 3 is 2.44 bits per heavy atom. The number of anilines is 1. The van der Waals surface area contributed by atoms with Gasteiger partial charge in [0.25, 0.3) is 0 Å². The SMILES string of the molecule is C1=C(c2ccc(N3CCC(c4cnc(C5CCCC5)[nH]4)CC3)cc2)CC([C@@H]2CCCN2)=N1. The third kappa shape index (κ3) is 4.03. The molecule has 2 saturated heterocycles. The van der Waals surface area contributed by atoms with Crippen molar-refractivity contribution in [1.29, 1.82) is 0 Å². The van der Waals surface area contributed by atoms with Gasteiger partial charge in [-0.3, -0.25) is 4.99 Å². The second-order valence-electron chi connectivity index (χ2n) is 10.1. The van der Waals surface area contributed by atoms with Crippen molar-refractivity contribution in [3.8, 4) is 0 Å². The fourth-order valence-corrected chi connectivity index (χ4v) is 6.11. The van der Waals surface area contributed by atoms with Gasteiger partial charge in [-0.25, -0.2) is 4.98 Å². The van der Waals surface area contributed by atoms with E-state index < -0.39 is 0 Å². The van der Waals surface area contributed by atoms with Crippen LogP contribution in [0.1, 0.15) is 86.7 Å². The fourth-order valence-electron chi connectivity index (χ4n) is 6.11. The Hall–Kier alpha value is -2.40. The average molecular weight is 430 g/mol. The molecule has 5 nitrogen and oxygen atoms in total. The standard InChI is InChI=1S/C27H35N5/c1-2-5-21(4-1)27-30-18-26(31-27)20-11-14-32(15-12-20)23-9-7-19(8-10-23)22-16-25(29-17-22)24-6-3-13-28-24/h7-10,17-18,20-21,24,28H,1-6,11-16H2,(H,30,31)/t24-/m0/s1. The summed E-state index contributed by atoms with van der Waals surface area (Å²) in [5.74, 6) is 2.54. The zero-order chi connectivity index (χ0) is 21.3. The van der Waals surface area contributed by atoms with E-state index in [4.69, 9.17) is 9.98 Å². The van der Waals surface area contributed by atoms with E-state index in [0.29, 0.717) is 17.9 Å². The number of aliphatic imine (C=N–C) groups is 1. The third-order valence-electron chi connectivity index (χ3n) is 8.12. The number of imidazole rings is 1. The molecule has 168 valence electrons. The number of allylic oxidation sites excluding steroid dienone is 1. The van der Waals surface area contributed by atoms with E-state index in [9.17, 15) is 0 Å². The zero-order valence-corrected chi connectivity index (χ0v) is 19.0. The van der Waals surface area contributed by atoms with Crippen LogP contribution in [0.5, 0.6) is 0 Å². The van der Waals surface area contributed by atoms with Gasteiger partial charge in [0.15, 0.2) is 0 Å². The van der Waals surface area contributed by atoms with E-state index in [0.717, 1.165) is 26.1 Å². The molecule has 1 saturated carbocycles. The van der Waals surface area contributed by atoms with Crippen LogP contribution in [0.2, 0.25) is 0 Å². The summed E-state index contributed by atoms with van der Waals surface area (Å²) in [6, 6.07) is 9.68. The summed E-state index contributed by atoms with van der Waals surface area (Å²) in [6.45, 7) is 3.36. The minimum Gasteiger partial charge on any atom is -0.371 e. The zero-order valence-electron chi connectivity index (χ0n) is 19.0. The van der Waals surface area contributed by atoms with Crippen molar-refractivity contribution in [2.24, 2.45) is 4.99 Å². The predicted molar refractivity (Wildman–Crippen MR) is 131 cm³/mol. The molecule has 3 aliphatic heterocycles. The van der Waals surface area contributed by atoms with E-state index in [1.165, 1.54) is 85.4 Å². The Morgan fingerprint density at radius 1 is 0.875 bits per heavy atom. The first kappa shape index (κ1) is 20.2. The van der Waals surface area contributed by atoms with E-state index in [-0.39, 0.29) is 0 Å². The van der Waals surface area contributed by atoms with Crippen molar-refractivity contribution >= 4 is 17.0 Å². The molecule has 1 aliphatic carbocycles. The van der Waals surface area contributed by atoms with Gasteiger partial charge in [-0.05, 0) is 68.3 Å². The third-order valence-corrected chi connectivity index (χ3v) is 8.12. The number of hydrogen-bond donors (Lipinski definition) is 2. The van der Waals surface area contributed by atoms with Gasteiger partial charge >= 0.3 is 0 Å². The van der Waals surface area contributed by atoms with Crippen LogP contribution in [0.3, 0.4) is 0 Å². The van der Waals surface area contributed by atoms with Crippen LogP contribution in [0, 0.1) is 0 Å². The van der Waals surface area contributed by atoms with Crippen LogP contribution in [0.25, 0.3) is 5.57 Å². The molecule has 5 heteroatoms. The van der Waals surface area contributed by atoms with Gasteiger partial charge in [0.2, 0.25) is 0 Å². The Bertz CT molecular complexity index is 981. The van der Waals surface area contributed by atoms with E-state index in [2.05, 4.69) is 51.9 Å². The van der Waals surface area contributed by atoms with Crippen LogP contribution in [-0.2, 0) is 0 Å². The lowest BCUT2D eigenvalue weighted by Crippen LogP contribution is -2.32. The first-order valence-corrected chi connectivity index (χ1v) is 12.7. The molecule has 4 heterocycles. The molecule has 0 bridgehead atoms. The predicted octanol–water partition coefficient (Wildman–Crippen LogP) is 5.39. The molecule has 1 atom stereocenters. The lowest BCUT2D eigenvalue weighted by Gasteiger charge is -2.33. The summed E-state index contributed by atoms with van der Waals surface area (Å²) in [5, 5.41) is 3.58. The Kier molecular flexibility index (Phi) is 5.60. The highest BCUT2D eigenvalue weighted by Gasteiger charge is 2.26. The fraction of sp³-hybridized carbons (Fsp3) is 0.556. The van der Waals surface area contributed by atoms with Crippen molar-refractivity contribution in [2.75, 3.05) is 24.5 Å². The van der Waals surface area contributed by atoms with Crippen molar-refractivity contribution in [2.45, 2.75) is 75.7 Å². The number of nitrogens with one attached hydrogen (secondary N) is 2. The molecule has 0 unspecified atom stereocenters. The van der Waals surface area contributed by atoms with Crippen LogP contribution < -0.4 is 10.2 Å². The molecular formula is C27H35N5. The number of benzene rings is 1. The first-order valence-electron chi connectivity index (χ1n) is 12.7. The van der Waals surface area contributed by atoms with Gasteiger partial charge in [0.05, 0.1) is 0 Å². The molecule has 2 aromatic rings. The monoisotopic (exact) mass is 429 g/mol. The van der Waals surface area contributed by atoms with Gasteiger partial charge in [0.1, 0.15) is 5.82 Å². The molecule has 0 spiro atoms. The number of rotatable bonds is 5. The summed E-state index contributed by atoms with van der Waals surface area (Å²) < 4.78 is 0. The number of H-pyrrole nitrogens is 1. The minimum atomic E-state index is 0.494. The molecular weight excluding hydrogens is 394 g/mol. The molecule has 0 radical (unpaired) electrons. The highest BCUT2D eigenvalue weighted by molar-refractivity contribution is 6.01. The van der Waals surface area contributed by atoms with Crippen LogP contribution in [-0.4, -0.2) is 41.4 Å². The normalized spacial score (nSPS) is 24.9. The molecule has 3 fully saturated rings. The van der Waals surface area contributed by atoms with E-state index in [1.807, 2.05) is 0 Å². The summed E-state index contributed by atoms with van der Waals surface area (Å²) >= 11 is 0. The van der Waals surface area contributed by atoms with Crippen molar-refractivity contribution < 1.29 is 0 Å². The molecule has 6 rings (SSSR count). The molecule has 4 aliphatic rings. The number of aromatic amines is 1. The van der Waals surface area contributed by atoms with E-state index >= 15 is 0 Å². The largest absolute Gasteiger partial charge is 0.371 e. The van der Waals surface area contributed by atoms with E-state index in [1.54, 1.807) is 0 Å². The van der Waals surface area contributed by atoms with Crippen LogP contribution in [0.4, 0.5) is 5.69 Å².